The van der Waals surface area contributed by atoms with Gasteiger partial charge in [-0.05, 0) is 63.5 Å². The summed E-state index contributed by atoms with van der Waals surface area (Å²) in [5.41, 5.74) is 1.11. The molecule has 2 rings (SSSR count). The highest BCUT2D eigenvalue weighted by Crippen LogP contribution is 2.37. The third kappa shape index (κ3) is 3.96. The molecule has 1 aromatic heterocycles. The van der Waals surface area contributed by atoms with Gasteiger partial charge < -0.3 is 14.8 Å². The highest BCUT2D eigenvalue weighted by molar-refractivity contribution is 9.11. The summed E-state index contributed by atoms with van der Waals surface area (Å²) in [6.45, 7) is 2.08. The molecule has 0 spiro atoms. The predicted molar refractivity (Wildman–Crippen MR) is 90.2 cm³/mol. The summed E-state index contributed by atoms with van der Waals surface area (Å²) in [5, 5.41) is 3.17. The van der Waals surface area contributed by atoms with Crippen molar-refractivity contribution in [3.05, 3.63) is 45.0 Å². The van der Waals surface area contributed by atoms with Gasteiger partial charge in [-0.3, -0.25) is 0 Å². The SMILES string of the molecule is CNC(C)c1ccc(Oc2cc(Br)c(OC)cc2Br)nc1. The first kappa shape index (κ1) is 16.3. The lowest BCUT2D eigenvalue weighted by Gasteiger charge is -2.12. The second kappa shape index (κ2) is 7.24. The van der Waals surface area contributed by atoms with Crippen LogP contribution in [0.4, 0.5) is 0 Å². The first-order valence-electron chi connectivity index (χ1n) is 6.39. The summed E-state index contributed by atoms with van der Waals surface area (Å²) in [4.78, 5) is 4.33. The van der Waals surface area contributed by atoms with Crippen molar-refractivity contribution < 1.29 is 9.47 Å². The van der Waals surface area contributed by atoms with Crippen molar-refractivity contribution >= 4 is 31.9 Å². The number of nitrogens with one attached hydrogen (secondary N) is 1. The van der Waals surface area contributed by atoms with Crippen molar-refractivity contribution in [1.29, 1.82) is 0 Å². The molecule has 21 heavy (non-hydrogen) atoms. The van der Waals surface area contributed by atoms with Gasteiger partial charge in [0.1, 0.15) is 11.5 Å². The molecule has 1 aromatic carbocycles. The van der Waals surface area contributed by atoms with Gasteiger partial charge in [-0.2, -0.15) is 0 Å². The van der Waals surface area contributed by atoms with Crippen LogP contribution in [0.15, 0.2) is 39.4 Å². The van der Waals surface area contributed by atoms with E-state index in [1.165, 1.54) is 0 Å². The maximum atomic E-state index is 5.79. The number of ether oxygens (including phenoxy) is 2. The molecule has 1 atom stereocenters. The number of rotatable bonds is 5. The van der Waals surface area contributed by atoms with Crippen LogP contribution in [0.5, 0.6) is 17.4 Å². The van der Waals surface area contributed by atoms with Crippen molar-refractivity contribution in [3.8, 4) is 17.4 Å². The molecule has 4 nitrogen and oxygen atoms in total. The zero-order valence-corrected chi connectivity index (χ0v) is 15.2. The van der Waals surface area contributed by atoms with Crippen LogP contribution in [0.1, 0.15) is 18.5 Å². The number of aromatic nitrogens is 1. The average Bonchev–Trinajstić information content (AvgIpc) is 2.50. The van der Waals surface area contributed by atoms with Gasteiger partial charge in [-0.25, -0.2) is 4.98 Å². The number of hydrogen-bond donors (Lipinski definition) is 1. The van der Waals surface area contributed by atoms with Crippen molar-refractivity contribution in [2.45, 2.75) is 13.0 Å². The summed E-state index contributed by atoms with van der Waals surface area (Å²) in [7, 11) is 3.54. The van der Waals surface area contributed by atoms with Crippen molar-refractivity contribution in [2.24, 2.45) is 0 Å². The van der Waals surface area contributed by atoms with E-state index in [1.807, 2.05) is 37.5 Å². The van der Waals surface area contributed by atoms with E-state index in [0.717, 1.165) is 20.3 Å². The highest BCUT2D eigenvalue weighted by atomic mass is 79.9. The fourth-order valence-electron chi connectivity index (χ4n) is 1.73. The molecular weight excluding hydrogens is 400 g/mol. The molecule has 6 heteroatoms. The lowest BCUT2D eigenvalue weighted by atomic mass is 10.1. The number of nitrogens with zero attached hydrogens (tertiary/aromatic N) is 1. The number of pyridine rings is 1. The third-order valence-electron chi connectivity index (χ3n) is 3.11. The third-order valence-corrected chi connectivity index (χ3v) is 4.35. The monoisotopic (exact) mass is 414 g/mol. The Morgan fingerprint density at radius 1 is 1.14 bits per heavy atom. The smallest absolute Gasteiger partial charge is 0.219 e. The Labute approximate surface area is 141 Å². The summed E-state index contributed by atoms with van der Waals surface area (Å²) in [5.74, 6) is 1.95. The maximum Gasteiger partial charge on any atom is 0.219 e. The van der Waals surface area contributed by atoms with E-state index in [2.05, 4.69) is 49.1 Å². The van der Waals surface area contributed by atoms with E-state index in [1.54, 1.807) is 7.11 Å². The number of methoxy groups -OCH3 is 1. The Morgan fingerprint density at radius 3 is 2.38 bits per heavy atom. The Morgan fingerprint density at radius 2 is 1.81 bits per heavy atom. The van der Waals surface area contributed by atoms with E-state index in [4.69, 9.17) is 9.47 Å². The van der Waals surface area contributed by atoms with E-state index in [-0.39, 0.29) is 6.04 Å². The molecule has 0 radical (unpaired) electrons. The summed E-state index contributed by atoms with van der Waals surface area (Å²) >= 11 is 6.91. The van der Waals surface area contributed by atoms with Gasteiger partial charge in [0, 0.05) is 18.3 Å². The van der Waals surface area contributed by atoms with Crippen LogP contribution in [0.2, 0.25) is 0 Å². The molecule has 1 heterocycles. The number of hydrogen-bond acceptors (Lipinski definition) is 4. The highest BCUT2D eigenvalue weighted by Gasteiger charge is 2.10. The molecule has 0 saturated carbocycles. The maximum absolute atomic E-state index is 5.79. The Hall–Kier alpha value is -1.11. The van der Waals surface area contributed by atoms with E-state index in [9.17, 15) is 0 Å². The minimum atomic E-state index is 0.258. The zero-order chi connectivity index (χ0) is 15.4. The Bertz CT molecular complexity index is 618. The molecule has 0 aliphatic heterocycles. The minimum absolute atomic E-state index is 0.258. The van der Waals surface area contributed by atoms with Gasteiger partial charge >= 0.3 is 0 Å². The first-order valence-corrected chi connectivity index (χ1v) is 7.98. The van der Waals surface area contributed by atoms with Crippen LogP contribution < -0.4 is 14.8 Å². The van der Waals surface area contributed by atoms with Gasteiger partial charge in [0.2, 0.25) is 5.88 Å². The molecule has 1 N–H and O–H groups in total. The lowest BCUT2D eigenvalue weighted by molar-refractivity contribution is 0.408. The van der Waals surface area contributed by atoms with Crippen molar-refractivity contribution in [3.63, 3.8) is 0 Å². The standard InChI is InChI=1S/C15H16Br2N2O2/c1-9(18-2)10-4-5-15(19-8-10)21-14-7-11(16)13(20-3)6-12(14)17/h4-9,18H,1-3H3. The molecule has 112 valence electrons. The molecule has 0 amide bonds. The Balaban J connectivity index is 2.20. The molecular formula is C15H16Br2N2O2. The van der Waals surface area contributed by atoms with Crippen LogP contribution >= 0.6 is 31.9 Å². The van der Waals surface area contributed by atoms with Crippen LogP contribution in [0.25, 0.3) is 0 Å². The molecule has 1 unspecified atom stereocenters. The molecule has 0 aliphatic rings. The summed E-state index contributed by atoms with van der Waals surface area (Å²) < 4.78 is 12.6. The second-order valence-electron chi connectivity index (χ2n) is 4.46. The van der Waals surface area contributed by atoms with E-state index in [0.29, 0.717) is 11.6 Å². The quantitative estimate of drug-likeness (QED) is 0.769. The molecule has 0 bridgehead atoms. The van der Waals surface area contributed by atoms with Gasteiger partial charge in [-0.1, -0.05) is 6.07 Å². The zero-order valence-electron chi connectivity index (χ0n) is 12.0. The normalized spacial score (nSPS) is 12.0. The largest absolute Gasteiger partial charge is 0.496 e. The van der Waals surface area contributed by atoms with Crippen LogP contribution in [0, 0.1) is 0 Å². The summed E-state index contributed by atoms with van der Waals surface area (Å²) in [6, 6.07) is 7.79. The van der Waals surface area contributed by atoms with Gasteiger partial charge in [0.15, 0.2) is 0 Å². The molecule has 0 aliphatic carbocycles. The van der Waals surface area contributed by atoms with Gasteiger partial charge in [0.25, 0.3) is 0 Å². The molecule has 0 fully saturated rings. The predicted octanol–water partition coefficient (Wildman–Crippen LogP) is 4.69. The number of benzene rings is 1. The van der Waals surface area contributed by atoms with E-state index < -0.39 is 0 Å². The first-order chi connectivity index (χ1) is 10.0. The van der Waals surface area contributed by atoms with Gasteiger partial charge in [-0.15, -0.1) is 0 Å². The number of halogens is 2. The minimum Gasteiger partial charge on any atom is -0.496 e. The Kier molecular flexibility index (Phi) is 5.61. The average molecular weight is 416 g/mol. The summed E-state index contributed by atoms with van der Waals surface area (Å²) in [6.07, 6.45) is 1.81. The van der Waals surface area contributed by atoms with E-state index >= 15 is 0 Å². The second-order valence-corrected chi connectivity index (χ2v) is 6.17. The van der Waals surface area contributed by atoms with Crippen molar-refractivity contribution in [2.75, 3.05) is 14.2 Å². The molecule has 0 saturated heterocycles. The van der Waals surface area contributed by atoms with Crippen LogP contribution in [-0.4, -0.2) is 19.1 Å². The topological polar surface area (TPSA) is 43.4 Å². The van der Waals surface area contributed by atoms with Crippen molar-refractivity contribution in [1.82, 2.24) is 10.3 Å². The fraction of sp³-hybridized carbons (Fsp3) is 0.267. The van der Waals surface area contributed by atoms with Crippen LogP contribution in [0.3, 0.4) is 0 Å². The van der Waals surface area contributed by atoms with Crippen LogP contribution in [-0.2, 0) is 0 Å². The van der Waals surface area contributed by atoms with Gasteiger partial charge in [0.05, 0.1) is 16.1 Å². The molecule has 2 aromatic rings. The lowest BCUT2D eigenvalue weighted by Crippen LogP contribution is -2.12. The fourth-order valence-corrected chi connectivity index (χ4v) is 2.62.